The second kappa shape index (κ2) is 7.17. The van der Waals surface area contributed by atoms with Crippen LogP contribution in [-0.4, -0.2) is 49.9 Å². The Labute approximate surface area is 165 Å². The molecule has 29 heavy (non-hydrogen) atoms. The van der Waals surface area contributed by atoms with Crippen LogP contribution in [0.2, 0.25) is 0 Å². The predicted molar refractivity (Wildman–Crippen MR) is 96.4 cm³/mol. The van der Waals surface area contributed by atoms with Crippen LogP contribution in [0.5, 0.6) is 0 Å². The Hall–Kier alpha value is -2.34. The van der Waals surface area contributed by atoms with Crippen molar-refractivity contribution in [2.24, 2.45) is 5.10 Å². The first-order valence-electron chi connectivity index (χ1n) is 8.91. The van der Waals surface area contributed by atoms with Gasteiger partial charge < -0.3 is 5.11 Å². The van der Waals surface area contributed by atoms with Crippen molar-refractivity contribution in [2.75, 3.05) is 0 Å². The summed E-state index contributed by atoms with van der Waals surface area (Å²) in [6, 6.07) is 0. The van der Waals surface area contributed by atoms with Crippen LogP contribution in [0.15, 0.2) is 16.2 Å². The summed E-state index contributed by atoms with van der Waals surface area (Å²) in [5.74, 6) is -1.21. The molecule has 0 radical (unpaired) electrons. The highest BCUT2D eigenvalue weighted by atomic mass is 32.1. The number of fused-ring (bicyclic) bond motifs is 3. The molecular weight excluding hydrogens is 416 g/mol. The van der Waals surface area contributed by atoms with Gasteiger partial charge in [0, 0.05) is 11.3 Å². The molecule has 1 atom stereocenters. The third-order valence-electron chi connectivity index (χ3n) is 5.12. The van der Waals surface area contributed by atoms with Gasteiger partial charge in [-0.15, -0.1) is 11.3 Å². The fraction of sp³-hybridized carbons (Fsp3) is 0.529. The number of thiophene rings is 1. The first-order valence-corrected chi connectivity index (χ1v) is 9.73. The van der Waals surface area contributed by atoms with E-state index in [0.717, 1.165) is 40.6 Å². The summed E-state index contributed by atoms with van der Waals surface area (Å²) in [6.07, 6.45) is -3.29. The third-order valence-corrected chi connectivity index (χ3v) is 6.32. The molecule has 0 saturated carbocycles. The number of halogens is 4. The summed E-state index contributed by atoms with van der Waals surface area (Å²) < 4.78 is 53.3. The van der Waals surface area contributed by atoms with Crippen LogP contribution in [0.1, 0.15) is 29.7 Å². The van der Waals surface area contributed by atoms with Crippen molar-refractivity contribution in [3.05, 3.63) is 27.1 Å². The molecule has 2 aromatic heterocycles. The average molecular weight is 432 g/mol. The number of carbonyl (C=O) groups excluding carboxylic acids is 1. The molecule has 3 heterocycles. The maximum absolute atomic E-state index is 13.3. The van der Waals surface area contributed by atoms with E-state index in [9.17, 15) is 32.3 Å². The smallest absolute Gasteiger partial charge is 0.287 e. The highest BCUT2D eigenvalue weighted by Gasteiger charge is 2.53. The number of hydrazone groups is 1. The fourth-order valence-electron chi connectivity index (χ4n) is 3.66. The van der Waals surface area contributed by atoms with E-state index >= 15 is 0 Å². The molecule has 1 aliphatic carbocycles. The average Bonchev–Trinajstić information content (AvgIpc) is 3.23. The summed E-state index contributed by atoms with van der Waals surface area (Å²) in [5, 5.41) is 13.6. The summed E-state index contributed by atoms with van der Waals surface area (Å²) in [4.78, 5) is 31.2. The SMILES string of the molecule is O=C(Cn1cnc2sc3c(c2c1=O)CCCC3)N1N=C(C(F)F)C[C@]1(O)C(F)F. The number of alkyl halides is 4. The van der Waals surface area contributed by atoms with Crippen molar-refractivity contribution < 1.29 is 27.5 Å². The fourth-order valence-corrected chi connectivity index (χ4v) is 4.88. The number of aryl methyl sites for hydroxylation is 2. The van der Waals surface area contributed by atoms with Crippen molar-refractivity contribution in [2.45, 2.75) is 57.2 Å². The van der Waals surface area contributed by atoms with E-state index < -0.39 is 48.7 Å². The van der Waals surface area contributed by atoms with Gasteiger partial charge in [0.1, 0.15) is 17.1 Å². The minimum atomic E-state index is -3.52. The first kappa shape index (κ1) is 20.0. The normalized spacial score (nSPS) is 21.9. The first-order chi connectivity index (χ1) is 13.7. The van der Waals surface area contributed by atoms with Crippen molar-refractivity contribution in [3.8, 4) is 0 Å². The molecule has 12 heteroatoms. The lowest BCUT2D eigenvalue weighted by Crippen LogP contribution is -2.52. The zero-order valence-electron chi connectivity index (χ0n) is 14.9. The van der Waals surface area contributed by atoms with Gasteiger partial charge in [0.15, 0.2) is 0 Å². The number of aromatic nitrogens is 2. The second-order valence-electron chi connectivity index (χ2n) is 7.02. The zero-order chi connectivity index (χ0) is 20.9. The summed E-state index contributed by atoms with van der Waals surface area (Å²) >= 11 is 1.41. The Kier molecular flexibility index (Phi) is 4.93. The Morgan fingerprint density at radius 1 is 1.28 bits per heavy atom. The van der Waals surface area contributed by atoms with Gasteiger partial charge >= 0.3 is 0 Å². The molecule has 0 saturated heterocycles. The lowest BCUT2D eigenvalue weighted by molar-refractivity contribution is -0.192. The minimum absolute atomic E-state index is 0.0428. The molecule has 0 unspecified atom stereocenters. The van der Waals surface area contributed by atoms with Crippen LogP contribution in [0.25, 0.3) is 10.2 Å². The molecule has 0 bridgehead atoms. The van der Waals surface area contributed by atoms with Crippen molar-refractivity contribution in [1.29, 1.82) is 0 Å². The lowest BCUT2D eigenvalue weighted by atomic mass is 9.97. The Morgan fingerprint density at radius 3 is 2.69 bits per heavy atom. The van der Waals surface area contributed by atoms with Gasteiger partial charge in [0.2, 0.25) is 5.72 Å². The van der Waals surface area contributed by atoms with Crippen LogP contribution in [0.4, 0.5) is 17.6 Å². The predicted octanol–water partition coefficient (Wildman–Crippen LogP) is 2.14. The Balaban J connectivity index is 1.68. The van der Waals surface area contributed by atoms with E-state index in [1.54, 1.807) is 0 Å². The number of hydrogen-bond acceptors (Lipinski definition) is 6. The van der Waals surface area contributed by atoms with Crippen LogP contribution < -0.4 is 5.56 Å². The quantitative estimate of drug-likeness (QED) is 0.750. The van der Waals surface area contributed by atoms with E-state index in [2.05, 4.69) is 10.1 Å². The van der Waals surface area contributed by atoms with Crippen molar-refractivity contribution >= 4 is 33.2 Å². The van der Waals surface area contributed by atoms with Crippen LogP contribution >= 0.6 is 11.3 Å². The van der Waals surface area contributed by atoms with E-state index in [1.807, 2.05) is 0 Å². The summed E-state index contributed by atoms with van der Waals surface area (Å²) in [6.45, 7) is -0.762. The van der Waals surface area contributed by atoms with Gasteiger partial charge in [-0.2, -0.15) is 10.1 Å². The van der Waals surface area contributed by atoms with Gasteiger partial charge in [-0.3, -0.25) is 14.2 Å². The number of nitrogens with zero attached hydrogens (tertiary/aromatic N) is 4. The number of aliphatic hydroxyl groups is 1. The molecule has 4 rings (SSSR count). The maximum atomic E-state index is 13.3. The van der Waals surface area contributed by atoms with Crippen LogP contribution in [0, 0.1) is 0 Å². The van der Waals surface area contributed by atoms with Crippen LogP contribution in [-0.2, 0) is 24.2 Å². The van der Waals surface area contributed by atoms with Gasteiger partial charge in [-0.1, -0.05) is 0 Å². The van der Waals surface area contributed by atoms with E-state index in [0.29, 0.717) is 16.6 Å². The standard InChI is InChI=1S/C17H16F4N4O3S/c18-13(19)9-5-17(28,16(20)21)25(23-9)11(26)6-24-7-22-14-12(15(24)27)8-3-1-2-4-10(8)29-14/h7,13,16,28H,1-6H2/t17-/m0/s1. The molecular formula is C17H16F4N4O3S. The molecule has 156 valence electrons. The van der Waals surface area contributed by atoms with Crippen molar-refractivity contribution in [3.63, 3.8) is 0 Å². The lowest BCUT2D eigenvalue weighted by Gasteiger charge is -2.30. The highest BCUT2D eigenvalue weighted by molar-refractivity contribution is 7.18. The monoisotopic (exact) mass is 432 g/mol. The van der Waals surface area contributed by atoms with Crippen LogP contribution in [0.3, 0.4) is 0 Å². The van der Waals surface area contributed by atoms with Gasteiger partial charge in [0.25, 0.3) is 24.3 Å². The molecule has 1 amide bonds. The molecule has 0 spiro atoms. The van der Waals surface area contributed by atoms with Gasteiger partial charge in [-0.25, -0.2) is 22.5 Å². The van der Waals surface area contributed by atoms with Gasteiger partial charge in [0.05, 0.1) is 11.7 Å². The minimum Gasteiger partial charge on any atom is -0.364 e. The molecule has 2 aliphatic rings. The summed E-state index contributed by atoms with van der Waals surface area (Å²) in [5.41, 5.74) is -3.82. The maximum Gasteiger partial charge on any atom is 0.287 e. The largest absolute Gasteiger partial charge is 0.364 e. The van der Waals surface area contributed by atoms with E-state index in [4.69, 9.17) is 0 Å². The summed E-state index contributed by atoms with van der Waals surface area (Å²) in [7, 11) is 0. The molecule has 7 nitrogen and oxygen atoms in total. The van der Waals surface area contributed by atoms with Gasteiger partial charge in [-0.05, 0) is 31.2 Å². The molecule has 2 aromatic rings. The van der Waals surface area contributed by atoms with Crippen molar-refractivity contribution in [1.82, 2.24) is 14.6 Å². The van der Waals surface area contributed by atoms with E-state index in [-0.39, 0.29) is 5.01 Å². The molecule has 1 N–H and O–H groups in total. The molecule has 1 aliphatic heterocycles. The number of amides is 1. The highest BCUT2D eigenvalue weighted by Crippen LogP contribution is 2.34. The topological polar surface area (TPSA) is 87.8 Å². The molecule has 0 aromatic carbocycles. The number of carbonyl (C=O) groups is 1. The molecule has 0 fully saturated rings. The number of rotatable bonds is 4. The zero-order valence-corrected chi connectivity index (χ0v) is 15.8. The second-order valence-corrected chi connectivity index (χ2v) is 8.11. The Bertz CT molecular complexity index is 1070. The third kappa shape index (κ3) is 3.23. The van der Waals surface area contributed by atoms with E-state index in [1.165, 1.54) is 11.3 Å². The number of hydrogen-bond donors (Lipinski definition) is 1. The Morgan fingerprint density at radius 2 is 2.00 bits per heavy atom.